The molecule has 0 aliphatic rings. The lowest BCUT2D eigenvalue weighted by molar-refractivity contribution is 0.0520. The highest BCUT2D eigenvalue weighted by molar-refractivity contribution is 7.98. The Morgan fingerprint density at radius 1 is 1.44 bits per heavy atom. The van der Waals surface area contributed by atoms with Gasteiger partial charge in [0.2, 0.25) is 0 Å². The fourth-order valence-corrected chi connectivity index (χ4v) is 2.01. The van der Waals surface area contributed by atoms with Crippen LogP contribution in [0.1, 0.15) is 17.4 Å². The van der Waals surface area contributed by atoms with Crippen molar-refractivity contribution in [3.05, 3.63) is 30.0 Å². The number of fused-ring (bicyclic) bond motifs is 1. The first-order valence-corrected chi connectivity index (χ1v) is 6.31. The Balaban J connectivity index is 2.39. The molecule has 0 atom stereocenters. The molecule has 0 aliphatic heterocycles. The van der Waals surface area contributed by atoms with Gasteiger partial charge in [-0.25, -0.2) is 4.79 Å². The summed E-state index contributed by atoms with van der Waals surface area (Å²) >= 11 is 1.68. The first-order chi connectivity index (χ1) is 7.74. The topological polar surface area (TPSA) is 42.1 Å². The third-order valence-corrected chi connectivity index (χ3v) is 3.05. The molecular formula is C12H13NO2S. The zero-order valence-corrected chi connectivity index (χ0v) is 10.1. The summed E-state index contributed by atoms with van der Waals surface area (Å²) < 4.78 is 4.94. The van der Waals surface area contributed by atoms with Crippen LogP contribution >= 0.6 is 11.8 Å². The van der Waals surface area contributed by atoms with E-state index in [2.05, 4.69) is 11.1 Å². The van der Waals surface area contributed by atoms with Crippen molar-refractivity contribution in [3.63, 3.8) is 0 Å². The summed E-state index contributed by atoms with van der Waals surface area (Å²) in [6, 6.07) is 7.88. The summed E-state index contributed by atoms with van der Waals surface area (Å²) in [6.07, 6.45) is 2.03. The Kier molecular flexibility index (Phi) is 3.19. The van der Waals surface area contributed by atoms with E-state index in [9.17, 15) is 4.79 Å². The van der Waals surface area contributed by atoms with E-state index >= 15 is 0 Å². The van der Waals surface area contributed by atoms with Gasteiger partial charge >= 0.3 is 5.97 Å². The van der Waals surface area contributed by atoms with E-state index in [1.165, 1.54) is 4.90 Å². The highest BCUT2D eigenvalue weighted by atomic mass is 32.2. The van der Waals surface area contributed by atoms with Crippen LogP contribution in [0.2, 0.25) is 0 Å². The number of rotatable bonds is 3. The molecule has 0 saturated heterocycles. The normalized spacial score (nSPS) is 10.6. The molecule has 0 spiro atoms. The molecule has 0 bridgehead atoms. The molecule has 84 valence electrons. The quantitative estimate of drug-likeness (QED) is 0.656. The van der Waals surface area contributed by atoms with Crippen LogP contribution in [-0.2, 0) is 4.74 Å². The fraction of sp³-hybridized carbons (Fsp3) is 0.250. The molecule has 0 radical (unpaired) electrons. The van der Waals surface area contributed by atoms with Crippen molar-refractivity contribution in [1.29, 1.82) is 0 Å². The standard InChI is InChI=1S/C12H13NO2S/c1-3-15-12(14)11-7-8-6-9(16-2)4-5-10(8)13-11/h4-7,13H,3H2,1-2H3. The minimum absolute atomic E-state index is 0.301. The maximum Gasteiger partial charge on any atom is 0.354 e. The number of ether oxygens (including phenoxy) is 1. The Labute approximate surface area is 98.2 Å². The van der Waals surface area contributed by atoms with E-state index in [-0.39, 0.29) is 5.97 Å². The maximum atomic E-state index is 11.5. The van der Waals surface area contributed by atoms with E-state index in [1.54, 1.807) is 18.7 Å². The maximum absolute atomic E-state index is 11.5. The van der Waals surface area contributed by atoms with E-state index in [4.69, 9.17) is 4.74 Å². The van der Waals surface area contributed by atoms with Gasteiger partial charge in [0.25, 0.3) is 0 Å². The second-order valence-corrected chi connectivity index (χ2v) is 4.24. The number of nitrogens with one attached hydrogen (secondary N) is 1. The number of carbonyl (C=O) groups is 1. The Hall–Kier alpha value is -1.42. The van der Waals surface area contributed by atoms with Crippen molar-refractivity contribution < 1.29 is 9.53 Å². The third-order valence-electron chi connectivity index (χ3n) is 2.32. The molecule has 0 amide bonds. The zero-order chi connectivity index (χ0) is 11.5. The first-order valence-electron chi connectivity index (χ1n) is 5.08. The summed E-state index contributed by atoms with van der Waals surface area (Å²) in [4.78, 5) is 15.7. The highest BCUT2D eigenvalue weighted by Crippen LogP contribution is 2.22. The van der Waals surface area contributed by atoms with Crippen LogP contribution in [0.25, 0.3) is 10.9 Å². The van der Waals surface area contributed by atoms with Crippen molar-refractivity contribution in [3.8, 4) is 0 Å². The van der Waals surface area contributed by atoms with Crippen LogP contribution in [0.4, 0.5) is 0 Å². The summed E-state index contributed by atoms with van der Waals surface area (Å²) in [6.45, 7) is 2.19. The lowest BCUT2D eigenvalue weighted by Gasteiger charge is -1.96. The van der Waals surface area contributed by atoms with Crippen LogP contribution in [0.5, 0.6) is 0 Å². The van der Waals surface area contributed by atoms with Gasteiger partial charge in [0.15, 0.2) is 0 Å². The van der Waals surface area contributed by atoms with Gasteiger partial charge in [-0.05, 0) is 37.4 Å². The van der Waals surface area contributed by atoms with Gasteiger partial charge in [0.05, 0.1) is 6.61 Å². The van der Waals surface area contributed by atoms with Gasteiger partial charge < -0.3 is 9.72 Å². The number of hydrogen-bond acceptors (Lipinski definition) is 3. The SMILES string of the molecule is CCOC(=O)c1cc2cc(SC)ccc2[nH]1. The van der Waals surface area contributed by atoms with Crippen molar-refractivity contribution in [2.75, 3.05) is 12.9 Å². The molecule has 1 aromatic heterocycles. The number of esters is 1. The number of benzene rings is 1. The monoisotopic (exact) mass is 235 g/mol. The summed E-state index contributed by atoms with van der Waals surface area (Å²) in [7, 11) is 0. The number of hydrogen-bond donors (Lipinski definition) is 1. The summed E-state index contributed by atoms with van der Waals surface area (Å²) in [5.74, 6) is -0.301. The zero-order valence-electron chi connectivity index (χ0n) is 9.24. The number of thioether (sulfide) groups is 1. The highest BCUT2D eigenvalue weighted by Gasteiger charge is 2.10. The van der Waals surface area contributed by atoms with E-state index in [1.807, 2.05) is 24.5 Å². The first kappa shape index (κ1) is 11.1. The van der Waals surface area contributed by atoms with Gasteiger partial charge in [-0.2, -0.15) is 0 Å². The van der Waals surface area contributed by atoms with Crippen LogP contribution in [0.15, 0.2) is 29.2 Å². The van der Waals surface area contributed by atoms with Crippen LogP contribution in [0.3, 0.4) is 0 Å². The molecular weight excluding hydrogens is 222 g/mol. The van der Waals surface area contributed by atoms with Gasteiger partial charge in [0.1, 0.15) is 5.69 Å². The number of carbonyl (C=O) groups excluding carboxylic acids is 1. The number of H-pyrrole nitrogens is 1. The average molecular weight is 235 g/mol. The molecule has 1 aromatic carbocycles. The fourth-order valence-electron chi connectivity index (χ4n) is 1.56. The second kappa shape index (κ2) is 4.61. The van der Waals surface area contributed by atoms with Crippen LogP contribution in [0, 0.1) is 0 Å². The van der Waals surface area contributed by atoms with Gasteiger partial charge in [0, 0.05) is 15.8 Å². The van der Waals surface area contributed by atoms with Crippen molar-refractivity contribution in [1.82, 2.24) is 4.98 Å². The Morgan fingerprint density at radius 3 is 2.94 bits per heavy atom. The van der Waals surface area contributed by atoms with Crippen LogP contribution < -0.4 is 0 Å². The minimum Gasteiger partial charge on any atom is -0.461 e. The molecule has 1 heterocycles. The molecule has 4 heteroatoms. The molecule has 0 saturated carbocycles. The third kappa shape index (κ3) is 2.07. The van der Waals surface area contributed by atoms with Crippen molar-refractivity contribution in [2.24, 2.45) is 0 Å². The van der Waals surface area contributed by atoms with E-state index < -0.39 is 0 Å². The smallest absolute Gasteiger partial charge is 0.354 e. The molecule has 2 rings (SSSR count). The minimum atomic E-state index is -0.301. The molecule has 16 heavy (non-hydrogen) atoms. The molecule has 0 fully saturated rings. The molecule has 0 aliphatic carbocycles. The lowest BCUT2D eigenvalue weighted by atomic mass is 10.2. The second-order valence-electron chi connectivity index (χ2n) is 3.36. The van der Waals surface area contributed by atoms with Crippen molar-refractivity contribution in [2.45, 2.75) is 11.8 Å². The Bertz CT molecular complexity index is 519. The average Bonchev–Trinajstić information content (AvgIpc) is 2.71. The van der Waals surface area contributed by atoms with E-state index in [0.717, 1.165) is 10.9 Å². The predicted octanol–water partition coefficient (Wildman–Crippen LogP) is 3.07. The molecule has 0 unspecified atom stereocenters. The molecule has 2 aromatic rings. The van der Waals surface area contributed by atoms with Gasteiger partial charge in [-0.15, -0.1) is 11.8 Å². The Morgan fingerprint density at radius 2 is 2.25 bits per heavy atom. The molecule has 1 N–H and O–H groups in total. The summed E-state index contributed by atoms with van der Waals surface area (Å²) in [5, 5.41) is 1.04. The van der Waals surface area contributed by atoms with Crippen molar-refractivity contribution >= 4 is 28.6 Å². The van der Waals surface area contributed by atoms with Gasteiger partial charge in [-0.3, -0.25) is 0 Å². The van der Waals surface area contributed by atoms with E-state index in [0.29, 0.717) is 12.3 Å². The summed E-state index contributed by atoms with van der Waals surface area (Å²) in [5.41, 5.74) is 1.47. The molecule has 3 nitrogen and oxygen atoms in total. The largest absolute Gasteiger partial charge is 0.461 e. The number of aromatic nitrogens is 1. The van der Waals surface area contributed by atoms with Crippen LogP contribution in [-0.4, -0.2) is 23.8 Å². The number of aromatic amines is 1. The predicted molar refractivity (Wildman–Crippen MR) is 66.0 cm³/mol. The lowest BCUT2D eigenvalue weighted by Crippen LogP contribution is -2.04. The van der Waals surface area contributed by atoms with Gasteiger partial charge in [-0.1, -0.05) is 0 Å².